The van der Waals surface area contributed by atoms with Crippen LogP contribution in [0, 0.1) is 0 Å². The van der Waals surface area contributed by atoms with Gasteiger partial charge in [-0.1, -0.05) is 88.2 Å². The third-order valence-electron chi connectivity index (χ3n) is 6.01. The quantitative estimate of drug-likeness (QED) is 0.488. The summed E-state index contributed by atoms with van der Waals surface area (Å²) in [5, 5.41) is 10.7. The van der Waals surface area contributed by atoms with E-state index in [1.54, 1.807) is 4.90 Å². The summed E-state index contributed by atoms with van der Waals surface area (Å²) >= 11 is 0. The molecule has 31 heavy (non-hydrogen) atoms. The van der Waals surface area contributed by atoms with Crippen LogP contribution in [0.5, 0.6) is 0 Å². The number of amides is 1. The van der Waals surface area contributed by atoms with E-state index in [4.69, 9.17) is 0 Å². The van der Waals surface area contributed by atoms with Gasteiger partial charge in [0.1, 0.15) is 0 Å². The van der Waals surface area contributed by atoms with Crippen molar-refractivity contribution in [1.82, 2.24) is 4.90 Å². The zero-order valence-electron chi connectivity index (χ0n) is 18.8. The zero-order valence-corrected chi connectivity index (χ0v) is 18.8. The minimum absolute atomic E-state index is 0.161. The van der Waals surface area contributed by atoms with Gasteiger partial charge < -0.3 is 10.0 Å². The van der Waals surface area contributed by atoms with Crippen LogP contribution in [0.15, 0.2) is 65.9 Å². The van der Waals surface area contributed by atoms with Crippen molar-refractivity contribution in [1.29, 1.82) is 0 Å². The number of hydrogen-bond acceptors (Lipinski definition) is 3. The van der Waals surface area contributed by atoms with E-state index in [0.29, 0.717) is 18.9 Å². The molecule has 1 amide bonds. The number of nitrogens with zero attached hydrogens (tertiary/aromatic N) is 1. The summed E-state index contributed by atoms with van der Waals surface area (Å²) in [4.78, 5) is 27.8. The fourth-order valence-corrected chi connectivity index (χ4v) is 4.15. The Kier molecular flexibility index (Phi) is 7.67. The van der Waals surface area contributed by atoms with Gasteiger partial charge in [-0.05, 0) is 35.4 Å². The van der Waals surface area contributed by atoms with E-state index in [-0.39, 0.29) is 23.5 Å². The van der Waals surface area contributed by atoms with Crippen molar-refractivity contribution in [2.24, 2.45) is 0 Å². The number of hydrogen-bond donors (Lipinski definition) is 1. The van der Waals surface area contributed by atoms with E-state index in [2.05, 4.69) is 32.9 Å². The van der Waals surface area contributed by atoms with Crippen molar-refractivity contribution in [2.75, 3.05) is 6.54 Å². The maximum Gasteiger partial charge on any atom is 0.290 e. The molecule has 0 spiro atoms. The Hall–Kier alpha value is -2.88. The van der Waals surface area contributed by atoms with Crippen molar-refractivity contribution in [3.8, 4) is 0 Å². The highest BCUT2D eigenvalue weighted by Crippen LogP contribution is 2.39. The van der Waals surface area contributed by atoms with Crippen LogP contribution < -0.4 is 0 Å². The van der Waals surface area contributed by atoms with Gasteiger partial charge in [0.2, 0.25) is 0 Å². The highest BCUT2D eigenvalue weighted by Gasteiger charge is 2.42. The SMILES string of the molecule is CCCCCN1C(=O)C(O)=C(C(=O)CCc2ccccc2)C1c1ccc(C(C)C)cc1. The fourth-order valence-electron chi connectivity index (χ4n) is 4.15. The standard InChI is InChI=1S/C27H33NO3/c1-4-5-9-18-28-25(22-15-13-21(14-16-22)19(2)3)24(26(30)27(28)31)23(29)17-12-20-10-7-6-8-11-20/h6-8,10-11,13-16,19,25,30H,4-5,9,12,17-18H2,1-3H3. The predicted octanol–water partition coefficient (Wildman–Crippen LogP) is 5.90. The van der Waals surface area contributed by atoms with Gasteiger partial charge in [0, 0.05) is 13.0 Å². The van der Waals surface area contributed by atoms with Crippen molar-refractivity contribution < 1.29 is 14.7 Å². The number of ketones is 1. The Bertz CT molecular complexity index is 929. The number of carbonyl (C=O) groups is 2. The average Bonchev–Trinajstić information content (AvgIpc) is 3.03. The molecule has 2 aromatic carbocycles. The van der Waals surface area contributed by atoms with Gasteiger partial charge in [-0.2, -0.15) is 0 Å². The second-order valence-corrected chi connectivity index (χ2v) is 8.60. The molecule has 1 aliphatic rings. The lowest BCUT2D eigenvalue weighted by Crippen LogP contribution is -2.32. The zero-order chi connectivity index (χ0) is 22.4. The van der Waals surface area contributed by atoms with Crippen molar-refractivity contribution in [2.45, 2.75) is 64.8 Å². The summed E-state index contributed by atoms with van der Waals surface area (Å²) < 4.78 is 0. The lowest BCUT2D eigenvalue weighted by Gasteiger charge is -2.27. The van der Waals surface area contributed by atoms with E-state index in [1.807, 2.05) is 42.5 Å². The van der Waals surface area contributed by atoms with Crippen LogP contribution in [0.25, 0.3) is 0 Å². The van der Waals surface area contributed by atoms with Gasteiger partial charge in [-0.25, -0.2) is 0 Å². The van der Waals surface area contributed by atoms with Crippen molar-refractivity contribution in [3.05, 3.63) is 82.6 Å². The minimum Gasteiger partial charge on any atom is -0.503 e. The summed E-state index contributed by atoms with van der Waals surface area (Å²) in [6.45, 7) is 6.91. The normalized spacial score (nSPS) is 16.5. The summed E-state index contributed by atoms with van der Waals surface area (Å²) in [6.07, 6.45) is 3.74. The number of aliphatic hydroxyl groups is 1. The number of aliphatic hydroxyl groups excluding tert-OH is 1. The van der Waals surface area contributed by atoms with Gasteiger partial charge in [0.05, 0.1) is 11.6 Å². The van der Waals surface area contributed by atoms with Crippen molar-refractivity contribution in [3.63, 3.8) is 0 Å². The smallest absolute Gasteiger partial charge is 0.290 e. The molecule has 1 atom stereocenters. The van der Waals surface area contributed by atoms with Crippen LogP contribution in [0.3, 0.4) is 0 Å². The summed E-state index contributed by atoms with van der Waals surface area (Å²) in [5.41, 5.74) is 3.39. The Morgan fingerprint density at radius 2 is 1.71 bits per heavy atom. The molecule has 0 radical (unpaired) electrons. The largest absolute Gasteiger partial charge is 0.503 e. The number of benzene rings is 2. The Balaban J connectivity index is 1.89. The molecule has 0 aromatic heterocycles. The monoisotopic (exact) mass is 419 g/mol. The molecule has 0 saturated carbocycles. The summed E-state index contributed by atoms with van der Waals surface area (Å²) in [7, 11) is 0. The van der Waals surface area contributed by atoms with Crippen molar-refractivity contribution >= 4 is 11.7 Å². The lowest BCUT2D eigenvalue weighted by atomic mass is 9.91. The molecule has 164 valence electrons. The molecule has 1 aliphatic heterocycles. The molecule has 4 nitrogen and oxygen atoms in total. The summed E-state index contributed by atoms with van der Waals surface area (Å²) in [6, 6.07) is 17.4. The van der Waals surface area contributed by atoms with Gasteiger partial charge in [0.25, 0.3) is 5.91 Å². The second-order valence-electron chi connectivity index (χ2n) is 8.60. The molecule has 0 aliphatic carbocycles. The molecule has 1 heterocycles. The maximum absolute atomic E-state index is 13.2. The van der Waals surface area contributed by atoms with E-state index in [1.165, 1.54) is 5.56 Å². The number of rotatable bonds is 10. The first-order valence-corrected chi connectivity index (χ1v) is 11.3. The number of aryl methyl sites for hydroxylation is 1. The summed E-state index contributed by atoms with van der Waals surface area (Å²) in [5.74, 6) is -0.578. The first kappa shape index (κ1) is 22.8. The molecular weight excluding hydrogens is 386 g/mol. The van der Waals surface area contributed by atoms with Crippen LogP contribution in [0.2, 0.25) is 0 Å². The van der Waals surface area contributed by atoms with E-state index < -0.39 is 11.9 Å². The lowest BCUT2D eigenvalue weighted by molar-refractivity contribution is -0.129. The second kappa shape index (κ2) is 10.4. The molecule has 1 unspecified atom stereocenters. The maximum atomic E-state index is 13.2. The Labute approximate surface area is 185 Å². The van der Waals surface area contributed by atoms with Gasteiger partial charge in [-0.15, -0.1) is 0 Å². The molecule has 0 fully saturated rings. The molecule has 3 rings (SSSR count). The molecule has 0 bridgehead atoms. The Morgan fingerprint density at radius 1 is 1.03 bits per heavy atom. The predicted molar refractivity (Wildman–Crippen MR) is 124 cm³/mol. The molecule has 2 aromatic rings. The van der Waals surface area contributed by atoms with E-state index in [9.17, 15) is 14.7 Å². The minimum atomic E-state index is -0.520. The van der Waals surface area contributed by atoms with Crippen LogP contribution in [-0.2, 0) is 16.0 Å². The van der Waals surface area contributed by atoms with Crippen LogP contribution in [0.4, 0.5) is 0 Å². The highest BCUT2D eigenvalue weighted by atomic mass is 16.3. The van der Waals surface area contributed by atoms with E-state index >= 15 is 0 Å². The topological polar surface area (TPSA) is 57.6 Å². The Morgan fingerprint density at radius 3 is 2.32 bits per heavy atom. The molecule has 4 heteroatoms. The highest BCUT2D eigenvalue weighted by molar-refractivity contribution is 6.09. The van der Waals surface area contributed by atoms with Gasteiger partial charge in [0.15, 0.2) is 11.5 Å². The third kappa shape index (κ3) is 5.25. The first-order chi connectivity index (χ1) is 14.9. The molecule has 0 saturated heterocycles. The first-order valence-electron chi connectivity index (χ1n) is 11.3. The van der Waals surface area contributed by atoms with Crippen LogP contribution in [0.1, 0.15) is 75.1 Å². The van der Waals surface area contributed by atoms with Crippen LogP contribution in [-0.4, -0.2) is 28.2 Å². The fraction of sp³-hybridized carbons (Fsp3) is 0.407. The number of unbranched alkanes of at least 4 members (excludes halogenated alkanes) is 2. The van der Waals surface area contributed by atoms with Crippen LogP contribution >= 0.6 is 0 Å². The number of carbonyl (C=O) groups excluding carboxylic acids is 2. The number of Topliss-reactive ketones (excluding diaryl/α,β-unsaturated/α-hetero) is 1. The third-order valence-corrected chi connectivity index (χ3v) is 6.01. The van der Waals surface area contributed by atoms with E-state index in [0.717, 1.165) is 30.4 Å². The molecule has 1 N–H and O–H groups in total. The van der Waals surface area contributed by atoms with Gasteiger partial charge >= 0.3 is 0 Å². The van der Waals surface area contributed by atoms with Gasteiger partial charge in [-0.3, -0.25) is 9.59 Å². The molecular formula is C27H33NO3. The average molecular weight is 420 g/mol.